The van der Waals surface area contributed by atoms with Gasteiger partial charge in [-0.25, -0.2) is 4.98 Å². The molecule has 0 radical (unpaired) electrons. The van der Waals surface area contributed by atoms with Gasteiger partial charge < -0.3 is 15.3 Å². The maximum atomic E-state index is 13.6. The van der Waals surface area contributed by atoms with Gasteiger partial charge in [-0.15, -0.1) is 11.3 Å². The van der Waals surface area contributed by atoms with Gasteiger partial charge >= 0.3 is 6.18 Å². The molecule has 1 aliphatic heterocycles. The lowest BCUT2D eigenvalue weighted by atomic mass is 10.0. The molecular formula is C23H21F3N4O2S. The van der Waals surface area contributed by atoms with E-state index in [1.54, 1.807) is 6.07 Å². The third-order valence-corrected chi connectivity index (χ3v) is 6.16. The van der Waals surface area contributed by atoms with Crippen LogP contribution in [0.2, 0.25) is 0 Å². The Bertz CT molecular complexity index is 1270. The Morgan fingerprint density at radius 2 is 1.91 bits per heavy atom. The Morgan fingerprint density at radius 3 is 2.55 bits per heavy atom. The van der Waals surface area contributed by atoms with Gasteiger partial charge in [-0.05, 0) is 30.7 Å². The van der Waals surface area contributed by atoms with E-state index < -0.39 is 17.6 Å². The number of hydrogen-bond acceptors (Lipinski definition) is 6. The van der Waals surface area contributed by atoms with Gasteiger partial charge in [0.15, 0.2) is 0 Å². The van der Waals surface area contributed by atoms with Crippen molar-refractivity contribution in [2.45, 2.75) is 26.1 Å². The van der Waals surface area contributed by atoms with Gasteiger partial charge in [-0.1, -0.05) is 18.2 Å². The van der Waals surface area contributed by atoms with Crippen molar-refractivity contribution in [3.05, 3.63) is 57.4 Å². The lowest BCUT2D eigenvalue weighted by molar-refractivity contribution is -0.137. The van der Waals surface area contributed by atoms with Crippen molar-refractivity contribution in [3.63, 3.8) is 0 Å². The maximum Gasteiger partial charge on any atom is 0.418 e. The molecule has 2 heterocycles. The van der Waals surface area contributed by atoms with Crippen molar-refractivity contribution in [2.24, 2.45) is 4.99 Å². The van der Waals surface area contributed by atoms with Gasteiger partial charge in [0.2, 0.25) is 5.91 Å². The highest BCUT2D eigenvalue weighted by Gasteiger charge is 2.36. The summed E-state index contributed by atoms with van der Waals surface area (Å²) in [6.45, 7) is 1.76. The largest absolute Gasteiger partial charge is 0.418 e. The van der Waals surface area contributed by atoms with Crippen molar-refractivity contribution >= 4 is 40.0 Å². The number of benzene rings is 2. The van der Waals surface area contributed by atoms with Gasteiger partial charge in [-0.2, -0.15) is 13.2 Å². The molecule has 0 aliphatic carbocycles. The third-order valence-electron chi connectivity index (χ3n) is 5.20. The summed E-state index contributed by atoms with van der Waals surface area (Å²) < 4.78 is 40.8. The van der Waals surface area contributed by atoms with Crippen molar-refractivity contribution < 1.29 is 23.1 Å². The monoisotopic (exact) mass is 474 g/mol. The first-order chi connectivity index (χ1) is 15.6. The third kappa shape index (κ3) is 4.62. The van der Waals surface area contributed by atoms with E-state index in [0.717, 1.165) is 22.2 Å². The second-order valence-electron chi connectivity index (χ2n) is 7.81. The van der Waals surface area contributed by atoms with Crippen LogP contribution in [0.25, 0.3) is 11.3 Å². The fourth-order valence-electron chi connectivity index (χ4n) is 3.70. The highest BCUT2D eigenvalue weighted by atomic mass is 32.1. The van der Waals surface area contributed by atoms with E-state index in [0.29, 0.717) is 16.3 Å². The number of thiazole rings is 1. The summed E-state index contributed by atoms with van der Waals surface area (Å²) in [6, 6.07) is 9.60. The molecule has 1 aromatic heterocycles. The number of carbonyl (C=O) groups is 1. The second-order valence-corrected chi connectivity index (χ2v) is 9.10. The molecule has 3 aromatic rings. The lowest BCUT2D eigenvalue weighted by Crippen LogP contribution is -2.18. The van der Waals surface area contributed by atoms with Crippen LogP contribution >= 0.6 is 11.3 Å². The SMILES string of the molecule is Cc1sc(CO)nc1-c1cccc(C2=Nc3cc(N(C)C)c(C(F)(F)F)cc3NC(=O)C2)c1. The first-order valence-electron chi connectivity index (χ1n) is 10.0. The predicted octanol–water partition coefficient (Wildman–Crippen LogP) is 5.16. The normalized spacial score (nSPS) is 13.8. The summed E-state index contributed by atoms with van der Waals surface area (Å²) in [5.41, 5.74) is 2.03. The molecule has 10 heteroatoms. The van der Waals surface area contributed by atoms with Crippen LogP contribution in [0.15, 0.2) is 41.4 Å². The quantitative estimate of drug-likeness (QED) is 0.548. The molecule has 33 heavy (non-hydrogen) atoms. The fourth-order valence-corrected chi connectivity index (χ4v) is 4.51. The number of aliphatic hydroxyl groups excluding tert-OH is 1. The number of amides is 1. The Hall–Kier alpha value is -3.24. The molecular weight excluding hydrogens is 453 g/mol. The van der Waals surface area contributed by atoms with Gasteiger partial charge in [0.25, 0.3) is 0 Å². The van der Waals surface area contributed by atoms with Gasteiger partial charge in [0.05, 0.1) is 47.1 Å². The number of aliphatic imine (C=N–C) groups is 1. The van der Waals surface area contributed by atoms with Crippen LogP contribution in [-0.4, -0.2) is 35.8 Å². The molecule has 0 fully saturated rings. The zero-order chi connectivity index (χ0) is 23.9. The minimum Gasteiger partial charge on any atom is -0.389 e. The minimum absolute atomic E-state index is 0.0204. The molecule has 0 saturated carbocycles. The molecule has 0 unspecified atom stereocenters. The first kappa shape index (κ1) is 22.9. The fraction of sp³-hybridized carbons (Fsp3) is 0.261. The minimum atomic E-state index is -4.58. The lowest BCUT2D eigenvalue weighted by Gasteiger charge is -2.21. The summed E-state index contributed by atoms with van der Waals surface area (Å²) in [4.78, 5) is 23.9. The zero-order valence-corrected chi connectivity index (χ0v) is 18.9. The molecule has 0 spiro atoms. The van der Waals surface area contributed by atoms with Crippen LogP contribution < -0.4 is 10.2 Å². The van der Waals surface area contributed by atoms with Crippen LogP contribution in [0, 0.1) is 6.92 Å². The van der Waals surface area contributed by atoms with Crippen LogP contribution in [0.5, 0.6) is 0 Å². The highest BCUT2D eigenvalue weighted by molar-refractivity contribution is 7.12. The van der Waals surface area contributed by atoms with Crippen LogP contribution in [0.1, 0.15) is 27.4 Å². The summed E-state index contributed by atoms with van der Waals surface area (Å²) >= 11 is 1.40. The number of rotatable bonds is 4. The molecule has 0 saturated heterocycles. The molecule has 2 N–H and O–H groups in total. The van der Waals surface area contributed by atoms with Gasteiger partial charge in [0.1, 0.15) is 5.01 Å². The summed E-state index contributed by atoms with van der Waals surface area (Å²) in [7, 11) is 3.05. The number of alkyl halides is 3. The summed E-state index contributed by atoms with van der Waals surface area (Å²) in [6.07, 6.45) is -4.67. The Morgan fingerprint density at radius 1 is 1.18 bits per heavy atom. The number of hydrogen-bond donors (Lipinski definition) is 2. The number of aromatic nitrogens is 1. The average Bonchev–Trinajstić information content (AvgIpc) is 3.05. The van der Waals surface area contributed by atoms with E-state index in [2.05, 4.69) is 15.3 Å². The Labute approximate surface area is 192 Å². The van der Waals surface area contributed by atoms with E-state index in [4.69, 9.17) is 0 Å². The van der Waals surface area contributed by atoms with Crippen LogP contribution in [0.3, 0.4) is 0 Å². The van der Waals surface area contributed by atoms with Gasteiger partial charge in [0, 0.05) is 24.5 Å². The first-order valence-corrected chi connectivity index (χ1v) is 10.9. The van der Waals surface area contributed by atoms with Crippen molar-refractivity contribution in [1.82, 2.24) is 4.98 Å². The molecule has 2 aromatic carbocycles. The molecule has 6 nitrogen and oxygen atoms in total. The van der Waals surface area contributed by atoms with Gasteiger partial charge in [-0.3, -0.25) is 9.79 Å². The second kappa shape index (κ2) is 8.60. The van der Waals surface area contributed by atoms with Crippen molar-refractivity contribution in [3.8, 4) is 11.3 Å². The number of halogens is 3. The standard InChI is InChI=1S/C23H21F3N4O2S/c1-12-22(29-21(11-31)33-12)14-6-4-5-13(7-14)16-10-20(32)28-17-8-15(23(24,25)26)19(30(2)3)9-18(17)27-16/h4-9,31H,10-11H2,1-3H3,(H,28,32). The van der Waals surface area contributed by atoms with Crippen LogP contribution in [0.4, 0.5) is 30.2 Å². The van der Waals surface area contributed by atoms with E-state index >= 15 is 0 Å². The van der Waals surface area contributed by atoms with Crippen LogP contribution in [-0.2, 0) is 17.6 Å². The predicted molar refractivity (Wildman–Crippen MR) is 123 cm³/mol. The van der Waals surface area contributed by atoms with Crippen molar-refractivity contribution in [2.75, 3.05) is 24.3 Å². The number of anilines is 2. The summed E-state index contributed by atoms with van der Waals surface area (Å²) in [5, 5.41) is 12.5. The molecule has 0 bridgehead atoms. The molecule has 1 aliphatic rings. The molecule has 4 rings (SSSR count). The number of carbonyl (C=O) groups excluding carboxylic acids is 1. The van der Waals surface area contributed by atoms with E-state index in [-0.39, 0.29) is 30.1 Å². The Kier molecular flexibility index (Phi) is 5.98. The number of nitrogens with one attached hydrogen (secondary N) is 1. The number of fused-ring (bicyclic) bond motifs is 1. The smallest absolute Gasteiger partial charge is 0.389 e. The molecule has 0 atom stereocenters. The van der Waals surface area contributed by atoms with Crippen molar-refractivity contribution in [1.29, 1.82) is 0 Å². The zero-order valence-electron chi connectivity index (χ0n) is 18.1. The maximum absolute atomic E-state index is 13.6. The average molecular weight is 475 g/mol. The van der Waals surface area contributed by atoms with E-state index in [1.807, 2.05) is 25.1 Å². The summed E-state index contributed by atoms with van der Waals surface area (Å²) in [5.74, 6) is -0.448. The topological polar surface area (TPSA) is 77.8 Å². The number of aliphatic hydroxyl groups is 1. The number of nitrogens with zero attached hydrogens (tertiary/aromatic N) is 3. The van der Waals surface area contributed by atoms with E-state index in [1.165, 1.54) is 36.4 Å². The molecule has 172 valence electrons. The Balaban J connectivity index is 1.83. The number of aryl methyl sites for hydroxylation is 1. The highest BCUT2D eigenvalue weighted by Crippen LogP contribution is 2.43. The van der Waals surface area contributed by atoms with E-state index in [9.17, 15) is 23.1 Å². The molecule has 1 amide bonds.